The number of ether oxygens (including phenoxy) is 1. The summed E-state index contributed by atoms with van der Waals surface area (Å²) in [5.41, 5.74) is 6.34. The molecule has 0 radical (unpaired) electrons. The van der Waals surface area contributed by atoms with Crippen LogP contribution in [0.5, 0.6) is 5.75 Å². The number of nitrogens with two attached hydrogens (primary N) is 1. The Morgan fingerprint density at radius 3 is 2.83 bits per heavy atom. The molecular formula is C16H21NO. The maximum absolute atomic E-state index is 5.87. The number of hydrogen-bond acceptors (Lipinski definition) is 2. The Bertz CT molecular complexity index is 424. The van der Waals surface area contributed by atoms with Crippen LogP contribution in [0.4, 0.5) is 0 Å². The zero-order valence-electron chi connectivity index (χ0n) is 10.8. The van der Waals surface area contributed by atoms with E-state index < -0.39 is 0 Å². The van der Waals surface area contributed by atoms with Gasteiger partial charge >= 0.3 is 0 Å². The Morgan fingerprint density at radius 2 is 2.06 bits per heavy atom. The van der Waals surface area contributed by atoms with E-state index in [0.717, 1.165) is 23.8 Å². The van der Waals surface area contributed by atoms with Crippen molar-refractivity contribution in [3.63, 3.8) is 0 Å². The fourth-order valence-corrected chi connectivity index (χ4v) is 2.38. The predicted octanol–water partition coefficient (Wildman–Crippen LogP) is 2.96. The van der Waals surface area contributed by atoms with Gasteiger partial charge in [-0.15, -0.1) is 0 Å². The minimum Gasteiger partial charge on any atom is -0.493 e. The van der Waals surface area contributed by atoms with Gasteiger partial charge in [0, 0.05) is 5.56 Å². The molecule has 2 N–H and O–H groups in total. The Morgan fingerprint density at radius 1 is 1.22 bits per heavy atom. The van der Waals surface area contributed by atoms with Crippen LogP contribution in [0.1, 0.15) is 37.7 Å². The van der Waals surface area contributed by atoms with Crippen molar-refractivity contribution in [3.05, 3.63) is 29.8 Å². The van der Waals surface area contributed by atoms with Crippen molar-refractivity contribution in [1.82, 2.24) is 0 Å². The summed E-state index contributed by atoms with van der Waals surface area (Å²) in [6.07, 6.45) is 6.73. The van der Waals surface area contributed by atoms with Crippen LogP contribution in [-0.4, -0.2) is 13.2 Å². The van der Waals surface area contributed by atoms with E-state index >= 15 is 0 Å². The van der Waals surface area contributed by atoms with Crippen LogP contribution in [0.2, 0.25) is 0 Å². The zero-order valence-corrected chi connectivity index (χ0v) is 10.8. The SMILES string of the molecule is NCC#Cc1cccc(OCC2CCCCC2)c1. The molecule has 1 aromatic rings. The van der Waals surface area contributed by atoms with Crippen molar-refractivity contribution in [2.45, 2.75) is 32.1 Å². The summed E-state index contributed by atoms with van der Waals surface area (Å²) >= 11 is 0. The van der Waals surface area contributed by atoms with Crippen LogP contribution in [0.25, 0.3) is 0 Å². The average molecular weight is 243 g/mol. The lowest BCUT2D eigenvalue weighted by atomic mass is 9.90. The van der Waals surface area contributed by atoms with Crippen LogP contribution in [0.3, 0.4) is 0 Å². The molecule has 1 aromatic carbocycles. The molecule has 0 aliphatic heterocycles. The van der Waals surface area contributed by atoms with Gasteiger partial charge in [-0.1, -0.05) is 37.2 Å². The Kier molecular flexibility index (Phi) is 5.11. The molecule has 0 spiro atoms. The first-order chi connectivity index (χ1) is 8.88. The van der Waals surface area contributed by atoms with E-state index in [-0.39, 0.29) is 0 Å². The summed E-state index contributed by atoms with van der Waals surface area (Å²) in [6.45, 7) is 1.24. The average Bonchev–Trinajstić information content (AvgIpc) is 2.44. The van der Waals surface area contributed by atoms with E-state index in [1.165, 1.54) is 32.1 Å². The number of rotatable bonds is 3. The topological polar surface area (TPSA) is 35.2 Å². The zero-order chi connectivity index (χ0) is 12.6. The molecule has 1 saturated carbocycles. The first-order valence-electron chi connectivity index (χ1n) is 6.80. The van der Waals surface area contributed by atoms with E-state index in [0.29, 0.717) is 6.54 Å². The van der Waals surface area contributed by atoms with E-state index in [2.05, 4.69) is 11.8 Å². The summed E-state index contributed by atoms with van der Waals surface area (Å²) in [6, 6.07) is 7.95. The molecule has 0 heterocycles. The molecule has 2 nitrogen and oxygen atoms in total. The maximum atomic E-state index is 5.87. The molecule has 0 aromatic heterocycles. The highest BCUT2D eigenvalue weighted by atomic mass is 16.5. The molecule has 2 rings (SSSR count). The molecule has 96 valence electrons. The van der Waals surface area contributed by atoms with Crippen LogP contribution >= 0.6 is 0 Å². The second-order valence-corrected chi connectivity index (χ2v) is 4.85. The number of hydrogen-bond donors (Lipinski definition) is 1. The summed E-state index contributed by atoms with van der Waals surface area (Å²) < 4.78 is 5.87. The van der Waals surface area contributed by atoms with Crippen molar-refractivity contribution >= 4 is 0 Å². The Balaban J connectivity index is 1.88. The largest absolute Gasteiger partial charge is 0.493 e. The molecular weight excluding hydrogens is 222 g/mol. The molecule has 1 fully saturated rings. The Hall–Kier alpha value is -1.46. The van der Waals surface area contributed by atoms with Gasteiger partial charge in [0.25, 0.3) is 0 Å². The van der Waals surface area contributed by atoms with Gasteiger partial charge in [0.15, 0.2) is 0 Å². The molecule has 1 aliphatic carbocycles. The maximum Gasteiger partial charge on any atom is 0.120 e. The lowest BCUT2D eigenvalue weighted by Crippen LogP contribution is -2.15. The highest BCUT2D eigenvalue weighted by Crippen LogP contribution is 2.24. The fraction of sp³-hybridized carbons (Fsp3) is 0.500. The molecule has 0 unspecified atom stereocenters. The normalized spacial score (nSPS) is 15.8. The second kappa shape index (κ2) is 7.08. The second-order valence-electron chi connectivity index (χ2n) is 4.85. The highest BCUT2D eigenvalue weighted by Gasteiger charge is 2.13. The minimum absolute atomic E-state index is 0.396. The van der Waals surface area contributed by atoms with Crippen molar-refractivity contribution in [3.8, 4) is 17.6 Å². The molecule has 0 atom stereocenters. The van der Waals surface area contributed by atoms with Gasteiger partial charge < -0.3 is 10.5 Å². The molecule has 2 heteroatoms. The lowest BCUT2D eigenvalue weighted by molar-refractivity contribution is 0.209. The van der Waals surface area contributed by atoms with Crippen molar-refractivity contribution < 1.29 is 4.74 Å². The van der Waals surface area contributed by atoms with Crippen LogP contribution in [0, 0.1) is 17.8 Å². The quantitative estimate of drug-likeness (QED) is 0.828. The van der Waals surface area contributed by atoms with Crippen molar-refractivity contribution in [2.75, 3.05) is 13.2 Å². The van der Waals surface area contributed by atoms with Gasteiger partial charge in [0.1, 0.15) is 5.75 Å². The fourth-order valence-electron chi connectivity index (χ4n) is 2.38. The summed E-state index contributed by atoms with van der Waals surface area (Å²) in [7, 11) is 0. The third-order valence-corrected chi connectivity index (χ3v) is 3.38. The van der Waals surface area contributed by atoms with Gasteiger partial charge in [-0.2, -0.15) is 0 Å². The van der Waals surface area contributed by atoms with Crippen LogP contribution in [-0.2, 0) is 0 Å². The summed E-state index contributed by atoms with van der Waals surface area (Å²) in [4.78, 5) is 0. The predicted molar refractivity (Wildman–Crippen MR) is 74.4 cm³/mol. The van der Waals surface area contributed by atoms with Gasteiger partial charge in [-0.25, -0.2) is 0 Å². The summed E-state index contributed by atoms with van der Waals surface area (Å²) in [5, 5.41) is 0. The molecule has 0 saturated heterocycles. The first kappa shape index (κ1) is 13.0. The molecule has 1 aliphatic rings. The molecule has 0 amide bonds. The van der Waals surface area contributed by atoms with E-state index in [4.69, 9.17) is 10.5 Å². The molecule has 18 heavy (non-hydrogen) atoms. The smallest absolute Gasteiger partial charge is 0.120 e. The molecule has 0 bridgehead atoms. The third-order valence-electron chi connectivity index (χ3n) is 3.38. The Labute approximate surface area is 110 Å². The minimum atomic E-state index is 0.396. The monoisotopic (exact) mass is 243 g/mol. The lowest BCUT2D eigenvalue weighted by Gasteiger charge is -2.21. The standard InChI is InChI=1S/C16H21NO/c17-11-5-9-14-8-4-10-16(12-14)18-13-15-6-2-1-3-7-15/h4,8,10,12,15H,1-3,6-7,11,13,17H2. The van der Waals surface area contributed by atoms with Crippen molar-refractivity contribution in [1.29, 1.82) is 0 Å². The van der Waals surface area contributed by atoms with Crippen LogP contribution < -0.4 is 10.5 Å². The van der Waals surface area contributed by atoms with Crippen LogP contribution in [0.15, 0.2) is 24.3 Å². The van der Waals surface area contributed by atoms with Gasteiger partial charge in [0.2, 0.25) is 0 Å². The van der Waals surface area contributed by atoms with Gasteiger partial charge in [-0.05, 0) is 37.0 Å². The van der Waals surface area contributed by atoms with Gasteiger partial charge in [-0.3, -0.25) is 0 Å². The van der Waals surface area contributed by atoms with E-state index in [9.17, 15) is 0 Å². The summed E-state index contributed by atoms with van der Waals surface area (Å²) in [5.74, 6) is 7.54. The first-order valence-corrected chi connectivity index (χ1v) is 6.80. The van der Waals surface area contributed by atoms with E-state index in [1.54, 1.807) is 0 Å². The van der Waals surface area contributed by atoms with E-state index in [1.807, 2.05) is 24.3 Å². The van der Waals surface area contributed by atoms with Crippen molar-refractivity contribution in [2.24, 2.45) is 11.7 Å². The highest BCUT2D eigenvalue weighted by molar-refractivity contribution is 5.39. The van der Waals surface area contributed by atoms with Gasteiger partial charge in [0.05, 0.1) is 13.2 Å². The number of benzene rings is 1. The third kappa shape index (κ3) is 4.09.